The van der Waals surface area contributed by atoms with Crippen LogP contribution in [-0.2, 0) is 10.2 Å². The van der Waals surface area contributed by atoms with E-state index in [0.717, 1.165) is 0 Å². The topological polar surface area (TPSA) is 78.4 Å². The first kappa shape index (κ1) is 8.25. The fourth-order valence-electron chi connectivity index (χ4n) is 1.39. The standard InChI is InChI=1S/C8H10N2O3/c1-8(3-12-4-8)6-5(7(9)11)2-13-10-6/h2H,3-4H2,1H3,(H2,9,11). The van der Waals surface area contributed by atoms with E-state index in [1.165, 1.54) is 6.26 Å². The van der Waals surface area contributed by atoms with Crippen molar-refractivity contribution in [2.45, 2.75) is 12.3 Å². The van der Waals surface area contributed by atoms with Crippen LogP contribution in [0.3, 0.4) is 0 Å². The second-order valence-corrected chi connectivity index (χ2v) is 3.49. The quantitative estimate of drug-likeness (QED) is 0.701. The molecule has 0 unspecified atom stereocenters. The zero-order valence-electron chi connectivity index (χ0n) is 7.24. The predicted octanol–water partition coefficient (Wildman–Crippen LogP) is 0.0614. The highest BCUT2D eigenvalue weighted by Crippen LogP contribution is 2.32. The molecule has 2 rings (SSSR count). The second kappa shape index (κ2) is 2.56. The van der Waals surface area contributed by atoms with Crippen molar-refractivity contribution in [2.24, 2.45) is 5.73 Å². The molecule has 2 heterocycles. The average Bonchev–Trinajstić information content (AvgIpc) is 2.47. The molecule has 0 saturated carbocycles. The monoisotopic (exact) mass is 182 g/mol. The van der Waals surface area contributed by atoms with Gasteiger partial charge in [-0.15, -0.1) is 0 Å². The maximum Gasteiger partial charge on any atom is 0.253 e. The summed E-state index contributed by atoms with van der Waals surface area (Å²) in [6, 6.07) is 0. The van der Waals surface area contributed by atoms with Crippen molar-refractivity contribution in [1.29, 1.82) is 0 Å². The lowest BCUT2D eigenvalue weighted by Gasteiger charge is -2.36. The molecule has 1 aromatic rings. The third-order valence-electron chi connectivity index (χ3n) is 2.25. The number of primary amides is 1. The summed E-state index contributed by atoms with van der Waals surface area (Å²) in [6.45, 7) is 3.07. The highest BCUT2D eigenvalue weighted by molar-refractivity contribution is 5.93. The SMILES string of the molecule is CC1(c2nocc2C(N)=O)COC1. The van der Waals surface area contributed by atoms with Gasteiger partial charge in [0.2, 0.25) is 0 Å². The van der Waals surface area contributed by atoms with Gasteiger partial charge in [0.25, 0.3) is 5.91 Å². The number of amides is 1. The normalized spacial score (nSPS) is 19.5. The second-order valence-electron chi connectivity index (χ2n) is 3.49. The van der Waals surface area contributed by atoms with Gasteiger partial charge in [0.05, 0.1) is 18.6 Å². The molecule has 1 fully saturated rings. The molecule has 1 aromatic heterocycles. The molecule has 0 aromatic carbocycles. The molecular formula is C8H10N2O3. The minimum Gasteiger partial charge on any atom is -0.379 e. The molecule has 1 aliphatic rings. The first-order valence-electron chi connectivity index (χ1n) is 3.96. The Balaban J connectivity index is 2.39. The summed E-state index contributed by atoms with van der Waals surface area (Å²) in [5.41, 5.74) is 5.90. The third-order valence-corrected chi connectivity index (χ3v) is 2.25. The number of aromatic nitrogens is 1. The summed E-state index contributed by atoms with van der Waals surface area (Å²) >= 11 is 0. The summed E-state index contributed by atoms with van der Waals surface area (Å²) in [6.07, 6.45) is 1.28. The van der Waals surface area contributed by atoms with Gasteiger partial charge in [-0.1, -0.05) is 5.16 Å². The Hall–Kier alpha value is -1.36. The fraction of sp³-hybridized carbons (Fsp3) is 0.500. The van der Waals surface area contributed by atoms with Crippen molar-refractivity contribution in [3.8, 4) is 0 Å². The van der Waals surface area contributed by atoms with Gasteiger partial charge in [-0.3, -0.25) is 4.79 Å². The van der Waals surface area contributed by atoms with E-state index in [-0.39, 0.29) is 5.41 Å². The molecule has 0 atom stereocenters. The molecule has 1 saturated heterocycles. The number of nitrogens with two attached hydrogens (primary N) is 1. The number of carbonyl (C=O) groups excluding carboxylic acids is 1. The van der Waals surface area contributed by atoms with Gasteiger partial charge in [-0.05, 0) is 6.92 Å². The molecule has 0 radical (unpaired) electrons. The molecule has 70 valence electrons. The summed E-state index contributed by atoms with van der Waals surface area (Å²) in [7, 11) is 0. The van der Waals surface area contributed by atoms with E-state index >= 15 is 0 Å². The number of rotatable bonds is 2. The van der Waals surface area contributed by atoms with Gasteiger partial charge in [0.15, 0.2) is 0 Å². The lowest BCUT2D eigenvalue weighted by molar-refractivity contribution is -0.0534. The Labute approximate surface area is 74.8 Å². The molecule has 1 amide bonds. The molecule has 0 aliphatic carbocycles. The maximum atomic E-state index is 11.0. The van der Waals surface area contributed by atoms with Crippen LogP contribution in [0.4, 0.5) is 0 Å². The molecule has 13 heavy (non-hydrogen) atoms. The number of nitrogens with zero attached hydrogens (tertiary/aromatic N) is 1. The largest absolute Gasteiger partial charge is 0.379 e. The van der Waals surface area contributed by atoms with Gasteiger partial charge in [0, 0.05) is 0 Å². The van der Waals surface area contributed by atoms with Crippen LogP contribution >= 0.6 is 0 Å². The van der Waals surface area contributed by atoms with Crippen LogP contribution in [0.5, 0.6) is 0 Å². The van der Waals surface area contributed by atoms with Crippen LogP contribution in [0.2, 0.25) is 0 Å². The van der Waals surface area contributed by atoms with Gasteiger partial charge in [0.1, 0.15) is 17.5 Å². The van der Waals surface area contributed by atoms with E-state index in [0.29, 0.717) is 24.5 Å². The minimum absolute atomic E-state index is 0.211. The minimum atomic E-state index is -0.510. The summed E-state index contributed by atoms with van der Waals surface area (Å²) in [5, 5.41) is 3.78. The van der Waals surface area contributed by atoms with E-state index in [4.69, 9.17) is 15.0 Å². The van der Waals surface area contributed by atoms with Gasteiger partial charge in [-0.2, -0.15) is 0 Å². The summed E-state index contributed by atoms with van der Waals surface area (Å²) in [5.74, 6) is -0.510. The van der Waals surface area contributed by atoms with E-state index in [9.17, 15) is 4.79 Å². The van der Waals surface area contributed by atoms with Crippen LogP contribution in [0, 0.1) is 0 Å². The molecule has 1 aliphatic heterocycles. The first-order chi connectivity index (χ1) is 6.13. The van der Waals surface area contributed by atoms with Crippen molar-refractivity contribution in [1.82, 2.24) is 5.16 Å². The van der Waals surface area contributed by atoms with E-state index in [1.807, 2.05) is 6.92 Å². The Morgan fingerprint density at radius 2 is 2.38 bits per heavy atom. The number of carbonyl (C=O) groups is 1. The highest BCUT2D eigenvalue weighted by Gasteiger charge is 2.40. The third kappa shape index (κ3) is 1.12. The van der Waals surface area contributed by atoms with Gasteiger partial charge < -0.3 is 15.0 Å². The number of hydrogen-bond acceptors (Lipinski definition) is 4. The fourth-order valence-corrected chi connectivity index (χ4v) is 1.39. The van der Waals surface area contributed by atoms with Crippen LogP contribution < -0.4 is 5.73 Å². The number of ether oxygens (including phenoxy) is 1. The lowest BCUT2D eigenvalue weighted by Crippen LogP contribution is -2.45. The zero-order valence-corrected chi connectivity index (χ0v) is 7.24. The van der Waals surface area contributed by atoms with E-state index < -0.39 is 5.91 Å². The van der Waals surface area contributed by atoms with Crippen LogP contribution in [-0.4, -0.2) is 24.3 Å². The van der Waals surface area contributed by atoms with E-state index in [1.54, 1.807) is 0 Å². The highest BCUT2D eigenvalue weighted by atomic mass is 16.5. The van der Waals surface area contributed by atoms with Crippen molar-refractivity contribution >= 4 is 5.91 Å². The predicted molar refractivity (Wildman–Crippen MR) is 43.2 cm³/mol. The van der Waals surface area contributed by atoms with Crippen molar-refractivity contribution in [3.63, 3.8) is 0 Å². The molecule has 5 nitrogen and oxygen atoms in total. The smallest absolute Gasteiger partial charge is 0.253 e. The zero-order chi connectivity index (χ0) is 9.47. The van der Waals surface area contributed by atoms with Crippen molar-refractivity contribution in [3.05, 3.63) is 17.5 Å². The van der Waals surface area contributed by atoms with Crippen LogP contribution in [0.25, 0.3) is 0 Å². The summed E-state index contributed by atoms with van der Waals surface area (Å²) < 4.78 is 9.79. The lowest BCUT2D eigenvalue weighted by atomic mass is 9.83. The van der Waals surface area contributed by atoms with Gasteiger partial charge in [-0.25, -0.2) is 0 Å². The molecule has 0 spiro atoms. The van der Waals surface area contributed by atoms with E-state index in [2.05, 4.69) is 5.16 Å². The Morgan fingerprint density at radius 1 is 1.69 bits per heavy atom. The maximum absolute atomic E-state index is 11.0. The molecule has 2 N–H and O–H groups in total. The van der Waals surface area contributed by atoms with Crippen LogP contribution in [0.1, 0.15) is 23.0 Å². The molecule has 0 bridgehead atoms. The Kier molecular flexibility index (Phi) is 1.63. The molecule has 5 heteroatoms. The van der Waals surface area contributed by atoms with Gasteiger partial charge >= 0.3 is 0 Å². The van der Waals surface area contributed by atoms with Crippen LogP contribution in [0.15, 0.2) is 10.8 Å². The number of hydrogen-bond donors (Lipinski definition) is 1. The summed E-state index contributed by atoms with van der Waals surface area (Å²) in [4.78, 5) is 11.0. The first-order valence-corrected chi connectivity index (χ1v) is 3.96. The Bertz CT molecular complexity index is 341. The van der Waals surface area contributed by atoms with Crippen molar-refractivity contribution in [2.75, 3.05) is 13.2 Å². The van der Waals surface area contributed by atoms with Crippen molar-refractivity contribution < 1.29 is 14.1 Å². The Morgan fingerprint density at radius 3 is 2.85 bits per heavy atom. The molecular weight excluding hydrogens is 172 g/mol. The average molecular weight is 182 g/mol.